The fourth-order valence-electron chi connectivity index (χ4n) is 9.24. The summed E-state index contributed by atoms with van der Waals surface area (Å²) in [6, 6.07) is 0. The molecule has 0 aliphatic heterocycles. The highest BCUT2D eigenvalue weighted by molar-refractivity contribution is 5.71. The van der Waals surface area contributed by atoms with E-state index < -0.39 is 6.10 Å². The molecule has 0 aliphatic carbocycles. The Bertz CT molecular complexity index is 1390. The van der Waals surface area contributed by atoms with E-state index in [4.69, 9.17) is 14.2 Å². The predicted octanol–water partition coefficient (Wildman–Crippen LogP) is 22.1. The van der Waals surface area contributed by atoms with Crippen LogP contribution in [0.4, 0.5) is 0 Å². The first kappa shape index (κ1) is 71.8. The van der Waals surface area contributed by atoms with Gasteiger partial charge in [0.05, 0.1) is 0 Å². The molecule has 0 aromatic heterocycles. The topological polar surface area (TPSA) is 78.9 Å². The average Bonchev–Trinajstić information content (AvgIpc) is 3.41. The van der Waals surface area contributed by atoms with Crippen molar-refractivity contribution in [1.29, 1.82) is 0 Å². The van der Waals surface area contributed by atoms with E-state index in [0.717, 1.165) is 89.9 Å². The maximum Gasteiger partial charge on any atom is 0.306 e. The van der Waals surface area contributed by atoms with Crippen LogP contribution in [0.3, 0.4) is 0 Å². The Morgan fingerprint density at radius 1 is 0.267 bits per heavy atom. The van der Waals surface area contributed by atoms with E-state index in [9.17, 15) is 14.4 Å². The molecule has 0 heterocycles. The molecule has 6 nitrogen and oxygen atoms in total. The Labute approximate surface area is 465 Å². The quantitative estimate of drug-likeness (QED) is 0.0261. The molecule has 0 rings (SSSR count). The zero-order valence-corrected chi connectivity index (χ0v) is 49.8. The van der Waals surface area contributed by atoms with Crippen LogP contribution in [0.1, 0.15) is 329 Å². The third-order valence-corrected chi connectivity index (χ3v) is 14.2. The molecule has 0 saturated carbocycles. The first-order valence-electron chi connectivity index (χ1n) is 32.4. The van der Waals surface area contributed by atoms with E-state index in [1.165, 1.54) is 199 Å². The zero-order valence-electron chi connectivity index (χ0n) is 49.8. The van der Waals surface area contributed by atoms with Crippen molar-refractivity contribution < 1.29 is 28.6 Å². The van der Waals surface area contributed by atoms with E-state index in [0.29, 0.717) is 19.3 Å². The molecule has 0 amide bonds. The molecular formula is C69H122O6. The molecule has 0 bridgehead atoms. The van der Waals surface area contributed by atoms with Crippen LogP contribution in [-0.2, 0) is 28.6 Å². The van der Waals surface area contributed by atoms with Crippen LogP contribution in [0.15, 0.2) is 72.9 Å². The Balaban J connectivity index is 4.39. The molecule has 0 fully saturated rings. The molecule has 0 saturated heterocycles. The van der Waals surface area contributed by atoms with Gasteiger partial charge >= 0.3 is 17.9 Å². The fraction of sp³-hybridized carbons (Fsp3) is 0.783. The van der Waals surface area contributed by atoms with Crippen molar-refractivity contribution in [2.75, 3.05) is 13.2 Å². The number of carbonyl (C=O) groups is 3. The second kappa shape index (κ2) is 63.4. The van der Waals surface area contributed by atoms with E-state index in [2.05, 4.69) is 93.7 Å². The van der Waals surface area contributed by atoms with Crippen LogP contribution in [-0.4, -0.2) is 37.2 Å². The Morgan fingerprint density at radius 3 is 0.787 bits per heavy atom. The highest BCUT2D eigenvalue weighted by atomic mass is 16.6. The van der Waals surface area contributed by atoms with Gasteiger partial charge in [-0.1, -0.05) is 267 Å². The van der Waals surface area contributed by atoms with Crippen molar-refractivity contribution in [1.82, 2.24) is 0 Å². The van der Waals surface area contributed by atoms with Crippen LogP contribution in [0, 0.1) is 0 Å². The SMILES string of the molecule is CCCCC/C=C\C/C=C\C/C=C\CCCCCCC(=O)OC[C@H](COC(=O)CCCCCCCCCCCCC/C=C\CCCCCCCC)OC(=O)CCCCCCCCCCC/C=C\C/C=C\CCCCC. The van der Waals surface area contributed by atoms with Crippen molar-refractivity contribution in [2.24, 2.45) is 0 Å². The summed E-state index contributed by atoms with van der Waals surface area (Å²) in [6.45, 7) is 6.60. The number of unbranched alkanes of at least 4 members (excludes halogenated alkanes) is 36. The largest absolute Gasteiger partial charge is 0.462 e. The summed E-state index contributed by atoms with van der Waals surface area (Å²) < 4.78 is 16.9. The third-order valence-electron chi connectivity index (χ3n) is 14.2. The monoisotopic (exact) mass is 1050 g/mol. The third kappa shape index (κ3) is 61.6. The molecule has 0 aliphatic rings. The number of hydrogen-bond donors (Lipinski definition) is 0. The van der Waals surface area contributed by atoms with Gasteiger partial charge in [-0.3, -0.25) is 14.4 Å². The van der Waals surface area contributed by atoms with Crippen LogP contribution in [0.5, 0.6) is 0 Å². The van der Waals surface area contributed by atoms with E-state index in [-0.39, 0.29) is 31.1 Å². The van der Waals surface area contributed by atoms with Gasteiger partial charge in [0.2, 0.25) is 0 Å². The van der Waals surface area contributed by atoms with Crippen LogP contribution >= 0.6 is 0 Å². The molecule has 0 aromatic carbocycles. The Kier molecular flexibility index (Phi) is 60.7. The summed E-state index contributed by atoms with van der Waals surface area (Å²) in [5, 5.41) is 0. The van der Waals surface area contributed by atoms with Gasteiger partial charge in [0.25, 0.3) is 0 Å². The normalized spacial score (nSPS) is 12.5. The maximum atomic E-state index is 12.9. The van der Waals surface area contributed by atoms with Crippen LogP contribution in [0.2, 0.25) is 0 Å². The molecule has 75 heavy (non-hydrogen) atoms. The van der Waals surface area contributed by atoms with Crippen LogP contribution in [0.25, 0.3) is 0 Å². The lowest BCUT2D eigenvalue weighted by Gasteiger charge is -2.18. The maximum absolute atomic E-state index is 12.9. The summed E-state index contributed by atoms with van der Waals surface area (Å²) in [5.74, 6) is -0.895. The minimum absolute atomic E-state index is 0.0832. The zero-order chi connectivity index (χ0) is 54.3. The highest BCUT2D eigenvalue weighted by Gasteiger charge is 2.19. The Hall–Kier alpha value is -3.15. The Morgan fingerprint density at radius 2 is 0.480 bits per heavy atom. The summed E-state index contributed by atoms with van der Waals surface area (Å²) in [7, 11) is 0. The fourth-order valence-corrected chi connectivity index (χ4v) is 9.24. The molecule has 0 spiro atoms. The number of esters is 3. The van der Waals surface area contributed by atoms with Crippen molar-refractivity contribution in [3.63, 3.8) is 0 Å². The van der Waals surface area contributed by atoms with Gasteiger partial charge in [-0.15, -0.1) is 0 Å². The number of ether oxygens (including phenoxy) is 3. The molecular weight excluding hydrogens is 925 g/mol. The van der Waals surface area contributed by atoms with E-state index in [1.54, 1.807) is 0 Å². The van der Waals surface area contributed by atoms with Gasteiger partial charge in [-0.05, 0) is 116 Å². The summed E-state index contributed by atoms with van der Waals surface area (Å²) in [6.07, 6.45) is 81.8. The van der Waals surface area contributed by atoms with Crippen molar-refractivity contribution >= 4 is 17.9 Å². The lowest BCUT2D eigenvalue weighted by atomic mass is 10.0. The lowest BCUT2D eigenvalue weighted by Crippen LogP contribution is -2.30. The first-order chi connectivity index (χ1) is 37.0. The molecule has 0 N–H and O–H groups in total. The highest BCUT2D eigenvalue weighted by Crippen LogP contribution is 2.16. The van der Waals surface area contributed by atoms with Gasteiger partial charge in [0.1, 0.15) is 13.2 Å². The number of carbonyl (C=O) groups excluding carboxylic acids is 3. The number of hydrogen-bond acceptors (Lipinski definition) is 6. The molecule has 6 heteroatoms. The van der Waals surface area contributed by atoms with E-state index in [1.807, 2.05) is 0 Å². The van der Waals surface area contributed by atoms with Crippen molar-refractivity contribution in [2.45, 2.75) is 335 Å². The minimum Gasteiger partial charge on any atom is -0.462 e. The molecule has 434 valence electrons. The first-order valence-corrected chi connectivity index (χ1v) is 32.4. The second-order valence-electron chi connectivity index (χ2n) is 21.7. The van der Waals surface area contributed by atoms with Gasteiger partial charge in [-0.2, -0.15) is 0 Å². The van der Waals surface area contributed by atoms with Gasteiger partial charge in [0, 0.05) is 19.3 Å². The van der Waals surface area contributed by atoms with Gasteiger partial charge < -0.3 is 14.2 Å². The van der Waals surface area contributed by atoms with Gasteiger partial charge in [0.15, 0.2) is 6.10 Å². The average molecular weight is 1050 g/mol. The van der Waals surface area contributed by atoms with Crippen LogP contribution < -0.4 is 0 Å². The van der Waals surface area contributed by atoms with E-state index >= 15 is 0 Å². The second-order valence-corrected chi connectivity index (χ2v) is 21.7. The molecule has 0 aromatic rings. The summed E-state index contributed by atoms with van der Waals surface area (Å²) >= 11 is 0. The smallest absolute Gasteiger partial charge is 0.306 e. The summed E-state index contributed by atoms with van der Waals surface area (Å²) in [4.78, 5) is 38.4. The molecule has 0 radical (unpaired) electrons. The lowest BCUT2D eigenvalue weighted by molar-refractivity contribution is -0.167. The molecule has 1 atom stereocenters. The minimum atomic E-state index is -0.789. The molecule has 0 unspecified atom stereocenters. The van der Waals surface area contributed by atoms with Crippen molar-refractivity contribution in [3.8, 4) is 0 Å². The summed E-state index contributed by atoms with van der Waals surface area (Å²) in [5.41, 5.74) is 0. The van der Waals surface area contributed by atoms with Gasteiger partial charge in [-0.25, -0.2) is 0 Å². The number of rotatable bonds is 59. The predicted molar refractivity (Wildman–Crippen MR) is 325 cm³/mol. The van der Waals surface area contributed by atoms with Crippen molar-refractivity contribution in [3.05, 3.63) is 72.9 Å². The number of allylic oxidation sites excluding steroid dienone is 12. The standard InChI is InChI=1S/C69H122O6/c1-4-7-10-13-16-19-22-25-28-31-33-34-36-38-41-44-47-50-53-56-59-62-68(71)74-65-66(64-73-67(70)61-58-55-52-49-46-43-40-37-30-27-24-21-18-15-12-9-6-3)75-69(72)63-60-57-54-51-48-45-42-39-35-32-29-26-23-20-17-14-11-8-5-2/h17-18,20-21,25-30,40,43,66H,4-16,19,22-24,31-39,41-42,44-65H2,1-3H3/b20-17-,21-18-,28-25-,29-26-,30-27-,43-40-/t66-/m1/s1.